The van der Waals surface area contributed by atoms with Crippen molar-refractivity contribution in [2.75, 3.05) is 13.2 Å². The summed E-state index contributed by atoms with van der Waals surface area (Å²) in [7, 11) is 0. The van der Waals surface area contributed by atoms with Crippen LogP contribution in [0.1, 0.15) is 23.6 Å². The van der Waals surface area contributed by atoms with E-state index in [2.05, 4.69) is 10.9 Å². The Balaban J connectivity index is 1.71. The zero-order valence-electron chi connectivity index (χ0n) is 15.3. The number of hydrogen-bond donors (Lipinski definition) is 2. The van der Waals surface area contributed by atoms with Crippen molar-refractivity contribution >= 4 is 11.8 Å². The van der Waals surface area contributed by atoms with Crippen LogP contribution in [0, 0.1) is 13.8 Å². The Morgan fingerprint density at radius 3 is 2.27 bits per heavy atom. The molecule has 0 heterocycles. The van der Waals surface area contributed by atoms with Crippen molar-refractivity contribution in [3.63, 3.8) is 0 Å². The van der Waals surface area contributed by atoms with Gasteiger partial charge < -0.3 is 9.47 Å². The molecule has 2 aromatic carbocycles. The van der Waals surface area contributed by atoms with Crippen LogP contribution in [0.2, 0.25) is 0 Å². The van der Waals surface area contributed by atoms with Crippen molar-refractivity contribution in [2.24, 2.45) is 0 Å². The molecule has 0 spiro atoms. The van der Waals surface area contributed by atoms with Gasteiger partial charge in [-0.2, -0.15) is 0 Å². The van der Waals surface area contributed by atoms with Crippen LogP contribution >= 0.6 is 0 Å². The number of hydrazine groups is 1. The number of ether oxygens (including phenoxy) is 2. The topological polar surface area (TPSA) is 76.7 Å². The number of amides is 2. The van der Waals surface area contributed by atoms with E-state index >= 15 is 0 Å². The second kappa shape index (κ2) is 9.46. The molecule has 0 atom stereocenters. The minimum atomic E-state index is -0.452. The molecule has 2 amide bonds. The third-order valence-corrected chi connectivity index (χ3v) is 3.93. The molecular formula is C20H24N2O4. The maximum atomic E-state index is 11.8. The Hall–Kier alpha value is -3.02. The maximum Gasteiger partial charge on any atom is 0.276 e. The highest BCUT2D eigenvalue weighted by atomic mass is 16.5. The number of benzene rings is 2. The molecule has 0 saturated carbocycles. The molecule has 0 aliphatic heterocycles. The van der Waals surface area contributed by atoms with Crippen molar-refractivity contribution in [1.82, 2.24) is 10.9 Å². The van der Waals surface area contributed by atoms with Crippen molar-refractivity contribution in [3.05, 3.63) is 59.2 Å². The summed E-state index contributed by atoms with van der Waals surface area (Å²) in [4.78, 5) is 23.5. The Morgan fingerprint density at radius 1 is 0.923 bits per heavy atom. The van der Waals surface area contributed by atoms with E-state index in [1.54, 1.807) is 12.1 Å². The van der Waals surface area contributed by atoms with Gasteiger partial charge in [0.1, 0.15) is 11.5 Å². The fourth-order valence-corrected chi connectivity index (χ4v) is 2.24. The standard InChI is InChI=1S/C20H24N2O4/c1-4-16-8-6-9-17(11-16)25-12-19(23)21-22-20(24)13-26-18-10-5-7-14(2)15(18)3/h5-11H,4,12-13H2,1-3H3,(H,21,23)(H,22,24). The van der Waals surface area contributed by atoms with Crippen LogP contribution in [0.5, 0.6) is 11.5 Å². The molecule has 0 aromatic heterocycles. The highest BCUT2D eigenvalue weighted by molar-refractivity contribution is 5.83. The molecule has 26 heavy (non-hydrogen) atoms. The van der Waals surface area contributed by atoms with E-state index in [0.717, 1.165) is 23.1 Å². The molecule has 0 fully saturated rings. The van der Waals surface area contributed by atoms with E-state index in [9.17, 15) is 9.59 Å². The zero-order chi connectivity index (χ0) is 18.9. The predicted octanol–water partition coefficient (Wildman–Crippen LogP) is 2.47. The SMILES string of the molecule is CCc1cccc(OCC(=O)NNC(=O)COc2cccc(C)c2C)c1. The Labute approximate surface area is 153 Å². The highest BCUT2D eigenvalue weighted by Gasteiger charge is 2.08. The van der Waals surface area contributed by atoms with Gasteiger partial charge in [0.05, 0.1) is 0 Å². The van der Waals surface area contributed by atoms with E-state index in [1.807, 2.05) is 51.1 Å². The first-order valence-electron chi connectivity index (χ1n) is 8.48. The lowest BCUT2D eigenvalue weighted by molar-refractivity contribution is -0.131. The normalized spacial score (nSPS) is 10.1. The van der Waals surface area contributed by atoms with Crippen LogP contribution in [-0.4, -0.2) is 25.0 Å². The number of carbonyl (C=O) groups excluding carboxylic acids is 2. The summed E-state index contributed by atoms with van der Waals surface area (Å²) in [5.41, 5.74) is 7.79. The number of rotatable bonds is 7. The molecule has 0 aliphatic rings. The lowest BCUT2D eigenvalue weighted by Crippen LogP contribution is -2.45. The second-order valence-corrected chi connectivity index (χ2v) is 5.87. The number of nitrogens with one attached hydrogen (secondary N) is 2. The van der Waals surface area contributed by atoms with Crippen LogP contribution in [0.4, 0.5) is 0 Å². The second-order valence-electron chi connectivity index (χ2n) is 5.87. The van der Waals surface area contributed by atoms with E-state index in [-0.39, 0.29) is 13.2 Å². The van der Waals surface area contributed by atoms with E-state index in [0.29, 0.717) is 11.5 Å². The molecule has 0 bridgehead atoms. The number of aryl methyl sites for hydroxylation is 2. The first-order valence-corrected chi connectivity index (χ1v) is 8.48. The van der Waals surface area contributed by atoms with Crippen LogP contribution in [0.15, 0.2) is 42.5 Å². The summed E-state index contributed by atoms with van der Waals surface area (Å²) in [6, 6.07) is 13.2. The molecule has 0 radical (unpaired) electrons. The van der Waals surface area contributed by atoms with Crippen molar-refractivity contribution in [2.45, 2.75) is 27.2 Å². The Bertz CT molecular complexity index is 774. The Morgan fingerprint density at radius 2 is 1.58 bits per heavy atom. The lowest BCUT2D eigenvalue weighted by Gasteiger charge is -2.12. The minimum Gasteiger partial charge on any atom is -0.484 e. The van der Waals surface area contributed by atoms with Gasteiger partial charge in [-0.15, -0.1) is 0 Å². The third-order valence-electron chi connectivity index (χ3n) is 3.93. The monoisotopic (exact) mass is 356 g/mol. The summed E-state index contributed by atoms with van der Waals surface area (Å²) < 4.78 is 10.9. The average molecular weight is 356 g/mol. The fraction of sp³-hybridized carbons (Fsp3) is 0.300. The molecule has 6 heteroatoms. The van der Waals surface area contributed by atoms with Gasteiger partial charge in [0.15, 0.2) is 13.2 Å². The van der Waals surface area contributed by atoms with Gasteiger partial charge in [-0.3, -0.25) is 20.4 Å². The van der Waals surface area contributed by atoms with Crippen LogP contribution in [0.25, 0.3) is 0 Å². The first kappa shape index (κ1) is 19.3. The zero-order valence-corrected chi connectivity index (χ0v) is 15.3. The van der Waals surface area contributed by atoms with E-state index in [1.165, 1.54) is 0 Å². The van der Waals surface area contributed by atoms with Gasteiger partial charge >= 0.3 is 0 Å². The summed E-state index contributed by atoms with van der Waals surface area (Å²) in [6.45, 7) is 5.56. The summed E-state index contributed by atoms with van der Waals surface area (Å²) in [5.74, 6) is 0.355. The van der Waals surface area contributed by atoms with Gasteiger partial charge in [0.25, 0.3) is 11.8 Å². The molecule has 2 rings (SSSR count). The van der Waals surface area contributed by atoms with E-state index < -0.39 is 11.8 Å². The summed E-state index contributed by atoms with van der Waals surface area (Å²) in [5, 5.41) is 0. The molecule has 0 saturated heterocycles. The lowest BCUT2D eigenvalue weighted by atomic mass is 10.1. The molecule has 2 N–H and O–H groups in total. The quantitative estimate of drug-likeness (QED) is 0.747. The average Bonchev–Trinajstić information content (AvgIpc) is 2.66. The summed E-state index contributed by atoms with van der Waals surface area (Å²) in [6.07, 6.45) is 0.889. The minimum absolute atomic E-state index is 0.189. The number of hydrogen-bond acceptors (Lipinski definition) is 4. The maximum absolute atomic E-state index is 11.8. The largest absolute Gasteiger partial charge is 0.484 e. The van der Waals surface area contributed by atoms with Gasteiger partial charge in [0.2, 0.25) is 0 Å². The van der Waals surface area contributed by atoms with Crippen LogP contribution < -0.4 is 20.3 Å². The van der Waals surface area contributed by atoms with E-state index in [4.69, 9.17) is 9.47 Å². The van der Waals surface area contributed by atoms with Gasteiger partial charge in [-0.1, -0.05) is 31.2 Å². The molecule has 2 aromatic rings. The molecule has 0 aliphatic carbocycles. The molecule has 6 nitrogen and oxygen atoms in total. The first-order chi connectivity index (χ1) is 12.5. The molecule has 0 unspecified atom stereocenters. The van der Waals surface area contributed by atoms with Crippen molar-refractivity contribution in [3.8, 4) is 11.5 Å². The van der Waals surface area contributed by atoms with Crippen molar-refractivity contribution in [1.29, 1.82) is 0 Å². The molecular weight excluding hydrogens is 332 g/mol. The van der Waals surface area contributed by atoms with Crippen molar-refractivity contribution < 1.29 is 19.1 Å². The van der Waals surface area contributed by atoms with Gasteiger partial charge in [-0.05, 0) is 55.2 Å². The van der Waals surface area contributed by atoms with Crippen LogP contribution in [-0.2, 0) is 16.0 Å². The Kier molecular flexibility index (Phi) is 7.02. The van der Waals surface area contributed by atoms with Gasteiger partial charge in [0, 0.05) is 0 Å². The molecule has 138 valence electrons. The summed E-state index contributed by atoms with van der Waals surface area (Å²) >= 11 is 0. The third kappa shape index (κ3) is 5.81. The number of carbonyl (C=O) groups is 2. The van der Waals surface area contributed by atoms with Gasteiger partial charge in [-0.25, -0.2) is 0 Å². The highest BCUT2D eigenvalue weighted by Crippen LogP contribution is 2.20. The smallest absolute Gasteiger partial charge is 0.276 e. The fourth-order valence-electron chi connectivity index (χ4n) is 2.24. The predicted molar refractivity (Wildman–Crippen MR) is 99.0 cm³/mol. The van der Waals surface area contributed by atoms with Crippen LogP contribution in [0.3, 0.4) is 0 Å².